The highest BCUT2D eigenvalue weighted by molar-refractivity contribution is 5.99. The largest absolute Gasteiger partial charge is 0.481 e. The van der Waals surface area contributed by atoms with Gasteiger partial charge >= 0.3 is 11.9 Å². The van der Waals surface area contributed by atoms with Gasteiger partial charge in [-0.2, -0.15) is 0 Å². The Balaban J connectivity index is 2.02. The van der Waals surface area contributed by atoms with Gasteiger partial charge in [-0.15, -0.1) is 0 Å². The zero-order chi connectivity index (χ0) is 14.0. The van der Waals surface area contributed by atoms with Crippen LogP contribution >= 0.6 is 0 Å². The van der Waals surface area contributed by atoms with E-state index in [-0.39, 0.29) is 11.5 Å². The fourth-order valence-electron chi connectivity index (χ4n) is 1.73. The molecule has 7 heteroatoms. The van der Waals surface area contributed by atoms with E-state index in [2.05, 4.69) is 15.0 Å². The number of hydrogen-bond acceptors (Lipinski definition) is 5. The molecule has 1 heterocycles. The van der Waals surface area contributed by atoms with Crippen LogP contribution in [0.5, 0.6) is 0 Å². The van der Waals surface area contributed by atoms with Crippen molar-refractivity contribution in [3.05, 3.63) is 24.0 Å². The molecule has 2 atom stereocenters. The Hall–Kier alpha value is -2.44. The summed E-state index contributed by atoms with van der Waals surface area (Å²) in [5.41, 5.74) is 0.551. The van der Waals surface area contributed by atoms with E-state index in [1.165, 1.54) is 25.6 Å². The van der Waals surface area contributed by atoms with Gasteiger partial charge in [-0.05, 0) is 12.5 Å². The lowest BCUT2D eigenvalue weighted by molar-refractivity contribution is -0.139. The van der Waals surface area contributed by atoms with Crippen molar-refractivity contribution in [2.24, 2.45) is 11.8 Å². The van der Waals surface area contributed by atoms with Gasteiger partial charge in [-0.25, -0.2) is 4.79 Å². The summed E-state index contributed by atoms with van der Waals surface area (Å²) in [5, 5.41) is 11.3. The molecule has 0 aromatic carbocycles. The van der Waals surface area contributed by atoms with Crippen molar-refractivity contribution in [1.82, 2.24) is 4.98 Å². The van der Waals surface area contributed by atoms with E-state index in [1.807, 2.05) is 0 Å². The first-order valence-electron chi connectivity index (χ1n) is 5.60. The van der Waals surface area contributed by atoms with Gasteiger partial charge in [0.1, 0.15) is 0 Å². The molecular formula is C12H12N2O5. The molecule has 0 radical (unpaired) electrons. The van der Waals surface area contributed by atoms with E-state index in [4.69, 9.17) is 5.11 Å². The number of rotatable bonds is 4. The molecule has 1 saturated carbocycles. The van der Waals surface area contributed by atoms with Crippen molar-refractivity contribution in [1.29, 1.82) is 0 Å². The van der Waals surface area contributed by atoms with E-state index < -0.39 is 23.8 Å². The fraction of sp³-hybridized carbons (Fsp3) is 0.333. The Kier molecular flexibility index (Phi) is 3.46. The van der Waals surface area contributed by atoms with Gasteiger partial charge in [0.05, 0.1) is 36.4 Å². The quantitative estimate of drug-likeness (QED) is 0.768. The first kappa shape index (κ1) is 13.0. The number of nitrogens with one attached hydrogen (secondary N) is 1. The van der Waals surface area contributed by atoms with Crippen LogP contribution in [-0.4, -0.2) is 35.0 Å². The summed E-state index contributed by atoms with van der Waals surface area (Å²) in [4.78, 5) is 37.5. The topological polar surface area (TPSA) is 106 Å². The Bertz CT molecular complexity index is 543. The number of carboxylic acids is 1. The van der Waals surface area contributed by atoms with Crippen LogP contribution < -0.4 is 5.32 Å². The zero-order valence-corrected chi connectivity index (χ0v) is 10.1. The van der Waals surface area contributed by atoms with E-state index in [0.717, 1.165) is 0 Å². The summed E-state index contributed by atoms with van der Waals surface area (Å²) in [6, 6.07) is 1.43. The van der Waals surface area contributed by atoms with Crippen molar-refractivity contribution >= 4 is 23.5 Å². The number of esters is 1. The maximum atomic E-state index is 11.7. The second-order valence-electron chi connectivity index (χ2n) is 4.23. The maximum Gasteiger partial charge on any atom is 0.339 e. The van der Waals surface area contributed by atoms with Gasteiger partial charge in [0.25, 0.3) is 0 Å². The van der Waals surface area contributed by atoms with Crippen molar-refractivity contribution in [2.75, 3.05) is 12.4 Å². The number of amides is 1. The van der Waals surface area contributed by atoms with Gasteiger partial charge in [0, 0.05) is 6.20 Å². The van der Waals surface area contributed by atoms with Crippen molar-refractivity contribution < 1.29 is 24.2 Å². The Labute approximate surface area is 108 Å². The first-order chi connectivity index (χ1) is 9.02. The Morgan fingerprint density at radius 1 is 1.37 bits per heavy atom. The van der Waals surface area contributed by atoms with Crippen LogP contribution in [0.25, 0.3) is 0 Å². The molecule has 19 heavy (non-hydrogen) atoms. The third-order valence-electron chi connectivity index (χ3n) is 2.87. The summed E-state index contributed by atoms with van der Waals surface area (Å²) in [6.07, 6.45) is 3.03. The molecule has 0 spiro atoms. The molecule has 1 aromatic rings. The summed E-state index contributed by atoms with van der Waals surface area (Å²) < 4.78 is 4.54. The van der Waals surface area contributed by atoms with Crippen molar-refractivity contribution in [2.45, 2.75) is 6.42 Å². The van der Waals surface area contributed by atoms with E-state index >= 15 is 0 Å². The second kappa shape index (κ2) is 5.05. The van der Waals surface area contributed by atoms with Crippen molar-refractivity contribution in [3.63, 3.8) is 0 Å². The molecule has 1 aliphatic carbocycles. The summed E-state index contributed by atoms with van der Waals surface area (Å²) in [7, 11) is 1.25. The van der Waals surface area contributed by atoms with Crippen molar-refractivity contribution in [3.8, 4) is 0 Å². The minimum Gasteiger partial charge on any atom is -0.481 e. The minimum atomic E-state index is -0.971. The van der Waals surface area contributed by atoms with E-state index in [1.54, 1.807) is 0 Å². The molecule has 0 unspecified atom stereocenters. The molecule has 0 saturated heterocycles. The Morgan fingerprint density at radius 3 is 2.68 bits per heavy atom. The average Bonchev–Trinajstić information content (AvgIpc) is 3.18. The van der Waals surface area contributed by atoms with Gasteiger partial charge in [0.15, 0.2) is 0 Å². The van der Waals surface area contributed by atoms with Gasteiger partial charge in [-0.3, -0.25) is 14.6 Å². The number of methoxy groups -OCH3 is 1. The number of nitrogens with zero attached hydrogens (tertiary/aromatic N) is 1. The number of hydrogen-bond donors (Lipinski definition) is 2. The predicted molar refractivity (Wildman–Crippen MR) is 63.4 cm³/mol. The number of anilines is 1. The number of carbonyl (C=O) groups is 3. The first-order valence-corrected chi connectivity index (χ1v) is 5.60. The third-order valence-corrected chi connectivity index (χ3v) is 2.87. The van der Waals surface area contributed by atoms with Crippen LogP contribution in [0.1, 0.15) is 16.8 Å². The van der Waals surface area contributed by atoms with Gasteiger partial charge in [-0.1, -0.05) is 0 Å². The molecule has 2 rings (SSSR count). The molecule has 1 fully saturated rings. The highest BCUT2D eigenvalue weighted by Crippen LogP contribution is 2.39. The van der Waals surface area contributed by atoms with Crippen LogP contribution in [0, 0.1) is 11.8 Å². The normalized spacial score (nSPS) is 20.5. The fourth-order valence-corrected chi connectivity index (χ4v) is 1.73. The SMILES string of the molecule is COC(=O)c1cncc(NC(=O)[C@@H]2C[C@H]2C(=O)O)c1. The number of ether oxygens (including phenoxy) is 1. The maximum absolute atomic E-state index is 11.7. The number of carboxylic acid groups (broad SMARTS) is 1. The summed E-state index contributed by atoms with van der Waals surface area (Å²) >= 11 is 0. The summed E-state index contributed by atoms with van der Waals surface area (Å²) in [6.45, 7) is 0. The second-order valence-corrected chi connectivity index (χ2v) is 4.23. The molecule has 1 amide bonds. The van der Waals surface area contributed by atoms with Crippen LogP contribution in [0.2, 0.25) is 0 Å². The highest BCUT2D eigenvalue weighted by Gasteiger charge is 2.48. The molecule has 1 aromatic heterocycles. The minimum absolute atomic E-state index is 0.214. The van der Waals surface area contributed by atoms with Gasteiger partial charge < -0.3 is 15.2 Å². The average molecular weight is 264 g/mol. The molecule has 0 bridgehead atoms. The lowest BCUT2D eigenvalue weighted by atomic mass is 10.2. The monoisotopic (exact) mass is 264 g/mol. The smallest absolute Gasteiger partial charge is 0.339 e. The third kappa shape index (κ3) is 2.87. The number of pyridine rings is 1. The zero-order valence-electron chi connectivity index (χ0n) is 10.1. The van der Waals surface area contributed by atoms with E-state index in [9.17, 15) is 14.4 Å². The van der Waals surface area contributed by atoms with Gasteiger partial charge in [0.2, 0.25) is 5.91 Å². The van der Waals surface area contributed by atoms with Crippen LogP contribution in [0.4, 0.5) is 5.69 Å². The van der Waals surface area contributed by atoms with Crippen LogP contribution in [0.15, 0.2) is 18.5 Å². The molecule has 7 nitrogen and oxygen atoms in total. The standard InChI is InChI=1S/C12H12N2O5/c1-19-12(18)6-2-7(5-13-4-6)14-10(15)8-3-9(8)11(16)17/h2,4-5,8-9H,3H2,1H3,(H,14,15)(H,16,17)/t8-,9-/m1/s1. The van der Waals surface area contributed by atoms with Crippen LogP contribution in [0.3, 0.4) is 0 Å². The highest BCUT2D eigenvalue weighted by atomic mass is 16.5. The molecule has 1 aliphatic rings. The molecule has 0 aliphatic heterocycles. The predicted octanol–water partition coefficient (Wildman–Crippen LogP) is 0.527. The lowest BCUT2D eigenvalue weighted by Crippen LogP contribution is -2.17. The molecular weight excluding hydrogens is 252 g/mol. The number of aliphatic carboxylic acids is 1. The number of aromatic nitrogens is 1. The molecule has 100 valence electrons. The van der Waals surface area contributed by atoms with E-state index in [0.29, 0.717) is 12.1 Å². The molecule has 2 N–H and O–H groups in total. The number of carbonyl (C=O) groups excluding carboxylic acids is 2. The lowest BCUT2D eigenvalue weighted by Gasteiger charge is -2.05. The Morgan fingerprint density at radius 2 is 2.11 bits per heavy atom. The summed E-state index contributed by atoms with van der Waals surface area (Å²) in [5.74, 6) is -3.03. The van der Waals surface area contributed by atoms with Crippen LogP contribution in [-0.2, 0) is 14.3 Å².